The highest BCUT2D eigenvalue weighted by atomic mass is 19.1. The maximum Gasteiger partial charge on any atom is 0.407 e. The van der Waals surface area contributed by atoms with E-state index in [4.69, 9.17) is 9.47 Å². The van der Waals surface area contributed by atoms with Crippen molar-refractivity contribution in [2.45, 2.75) is 39.8 Å². The summed E-state index contributed by atoms with van der Waals surface area (Å²) < 4.78 is 24.1. The quantitative estimate of drug-likeness (QED) is 0.912. The Balaban J connectivity index is 2.63. The number of hydrogen-bond donors (Lipinski definition) is 1. The van der Waals surface area contributed by atoms with Crippen molar-refractivity contribution in [3.05, 3.63) is 29.6 Å². The molecule has 0 spiro atoms. The van der Waals surface area contributed by atoms with Gasteiger partial charge < -0.3 is 14.8 Å². The molecule has 1 aromatic rings. The molecule has 5 heteroatoms. The van der Waals surface area contributed by atoms with Crippen LogP contribution in [0.4, 0.5) is 9.18 Å². The minimum atomic E-state index is -0.575. The number of rotatable bonds is 4. The third-order valence-corrected chi connectivity index (χ3v) is 2.17. The minimum Gasteiger partial charge on any atom is -0.491 e. The van der Waals surface area contributed by atoms with Crippen LogP contribution in [0.1, 0.15) is 33.3 Å². The highest BCUT2D eigenvalue weighted by Crippen LogP contribution is 2.20. The van der Waals surface area contributed by atoms with Crippen molar-refractivity contribution in [2.24, 2.45) is 0 Å². The third kappa shape index (κ3) is 5.16. The number of nitrogens with one attached hydrogen (secondary N) is 1. The summed E-state index contributed by atoms with van der Waals surface area (Å²) in [5, 5.41) is 2.51. The molecule has 0 saturated carbocycles. The average Bonchev–Trinajstić information content (AvgIpc) is 2.28. The van der Waals surface area contributed by atoms with Crippen LogP contribution in [0.2, 0.25) is 0 Å². The van der Waals surface area contributed by atoms with Crippen molar-refractivity contribution < 1.29 is 18.7 Å². The molecule has 1 aromatic carbocycles. The van der Waals surface area contributed by atoms with Gasteiger partial charge in [0.05, 0.1) is 6.61 Å². The van der Waals surface area contributed by atoms with Gasteiger partial charge in [-0.15, -0.1) is 0 Å². The summed E-state index contributed by atoms with van der Waals surface area (Å²) in [5.74, 6) is -0.272. The van der Waals surface area contributed by atoms with Gasteiger partial charge in [-0.3, -0.25) is 0 Å². The van der Waals surface area contributed by atoms with Crippen LogP contribution >= 0.6 is 0 Å². The number of amides is 1. The lowest BCUT2D eigenvalue weighted by Crippen LogP contribution is -2.32. The van der Waals surface area contributed by atoms with E-state index in [1.165, 1.54) is 0 Å². The summed E-state index contributed by atoms with van der Waals surface area (Å²) in [7, 11) is 0. The summed E-state index contributed by atoms with van der Waals surface area (Å²) in [4.78, 5) is 11.5. The molecular weight excluding hydrogens is 249 g/mol. The molecule has 19 heavy (non-hydrogen) atoms. The van der Waals surface area contributed by atoms with Gasteiger partial charge in [0, 0.05) is 12.1 Å². The highest BCUT2D eigenvalue weighted by Gasteiger charge is 2.16. The van der Waals surface area contributed by atoms with E-state index in [-0.39, 0.29) is 12.3 Å². The third-order valence-electron chi connectivity index (χ3n) is 2.17. The summed E-state index contributed by atoms with van der Waals surface area (Å²) in [6.07, 6.45) is -0.575. The lowest BCUT2D eigenvalue weighted by molar-refractivity contribution is 0.0523. The first kappa shape index (κ1) is 15.3. The van der Waals surface area contributed by atoms with E-state index in [0.717, 1.165) is 0 Å². The van der Waals surface area contributed by atoms with Crippen LogP contribution in [0.5, 0.6) is 5.75 Å². The fraction of sp³-hybridized carbons (Fsp3) is 0.500. The average molecular weight is 269 g/mol. The number of ether oxygens (including phenoxy) is 2. The first-order valence-corrected chi connectivity index (χ1v) is 6.20. The Labute approximate surface area is 112 Å². The maximum absolute atomic E-state index is 13.9. The second-order valence-corrected chi connectivity index (χ2v) is 5.02. The van der Waals surface area contributed by atoms with Crippen LogP contribution in [-0.4, -0.2) is 18.3 Å². The highest BCUT2D eigenvalue weighted by molar-refractivity contribution is 5.67. The van der Waals surface area contributed by atoms with E-state index < -0.39 is 17.5 Å². The first-order chi connectivity index (χ1) is 8.83. The van der Waals surface area contributed by atoms with E-state index in [9.17, 15) is 9.18 Å². The Hall–Kier alpha value is -1.78. The molecule has 0 aliphatic heterocycles. The van der Waals surface area contributed by atoms with Crippen molar-refractivity contribution in [1.29, 1.82) is 0 Å². The molecule has 106 valence electrons. The lowest BCUT2D eigenvalue weighted by Gasteiger charge is -2.19. The predicted molar refractivity (Wildman–Crippen MR) is 70.6 cm³/mol. The van der Waals surface area contributed by atoms with Crippen molar-refractivity contribution in [3.63, 3.8) is 0 Å². The molecule has 0 heterocycles. The van der Waals surface area contributed by atoms with Crippen LogP contribution in [0.15, 0.2) is 18.2 Å². The van der Waals surface area contributed by atoms with E-state index in [2.05, 4.69) is 5.32 Å². The van der Waals surface area contributed by atoms with Crippen LogP contribution in [0.25, 0.3) is 0 Å². The van der Waals surface area contributed by atoms with Gasteiger partial charge in [0.1, 0.15) is 5.60 Å². The SMILES string of the molecule is CCOc1cccc(CNC(=O)OC(C)(C)C)c1F. The van der Waals surface area contributed by atoms with Crippen molar-refractivity contribution in [1.82, 2.24) is 5.32 Å². The molecule has 0 radical (unpaired) electrons. The number of carbonyl (C=O) groups is 1. The normalized spacial score (nSPS) is 11.0. The Bertz CT molecular complexity index is 441. The van der Waals surface area contributed by atoms with Gasteiger partial charge in [-0.05, 0) is 33.8 Å². The molecular formula is C14H20FNO3. The van der Waals surface area contributed by atoms with Gasteiger partial charge in [-0.1, -0.05) is 12.1 Å². The largest absolute Gasteiger partial charge is 0.491 e. The summed E-state index contributed by atoms with van der Waals surface area (Å²) >= 11 is 0. The predicted octanol–water partition coefficient (Wildman–Crippen LogP) is 3.25. The van der Waals surface area contributed by atoms with Crippen molar-refractivity contribution >= 4 is 6.09 Å². The van der Waals surface area contributed by atoms with Gasteiger partial charge >= 0.3 is 6.09 Å². The maximum atomic E-state index is 13.9. The molecule has 0 fully saturated rings. The monoisotopic (exact) mass is 269 g/mol. The Morgan fingerprint density at radius 2 is 2.05 bits per heavy atom. The smallest absolute Gasteiger partial charge is 0.407 e. The number of hydrogen-bond acceptors (Lipinski definition) is 3. The lowest BCUT2D eigenvalue weighted by atomic mass is 10.2. The standard InChI is InChI=1S/C14H20FNO3/c1-5-18-11-8-6-7-10(12(11)15)9-16-13(17)19-14(2,3)4/h6-8H,5,9H2,1-4H3,(H,16,17). The van der Waals surface area contributed by atoms with Crippen LogP contribution in [0.3, 0.4) is 0 Å². The molecule has 0 aliphatic carbocycles. The molecule has 1 amide bonds. The minimum absolute atomic E-state index is 0.0572. The molecule has 0 saturated heterocycles. The molecule has 0 unspecified atom stereocenters. The van der Waals surface area contributed by atoms with E-state index >= 15 is 0 Å². The van der Waals surface area contributed by atoms with Crippen molar-refractivity contribution in [2.75, 3.05) is 6.61 Å². The molecule has 0 bridgehead atoms. The second-order valence-electron chi connectivity index (χ2n) is 5.02. The fourth-order valence-electron chi connectivity index (χ4n) is 1.44. The molecule has 4 nitrogen and oxygen atoms in total. The van der Waals surface area contributed by atoms with Gasteiger partial charge in [-0.25, -0.2) is 9.18 Å². The zero-order chi connectivity index (χ0) is 14.5. The topological polar surface area (TPSA) is 47.6 Å². The zero-order valence-electron chi connectivity index (χ0n) is 11.7. The van der Waals surface area contributed by atoms with E-state index in [1.54, 1.807) is 45.9 Å². The van der Waals surface area contributed by atoms with Gasteiger partial charge in [-0.2, -0.15) is 0 Å². The Morgan fingerprint density at radius 3 is 2.63 bits per heavy atom. The number of alkyl carbamates (subject to hydrolysis) is 1. The first-order valence-electron chi connectivity index (χ1n) is 6.20. The fourth-order valence-corrected chi connectivity index (χ4v) is 1.44. The number of halogens is 1. The number of carbonyl (C=O) groups excluding carboxylic acids is 1. The summed E-state index contributed by atoms with van der Waals surface area (Å²) in [5.41, 5.74) is -0.215. The molecule has 0 atom stereocenters. The van der Waals surface area contributed by atoms with E-state index in [1.807, 2.05) is 0 Å². The molecule has 0 aromatic heterocycles. The van der Waals surface area contributed by atoms with Crippen LogP contribution in [-0.2, 0) is 11.3 Å². The van der Waals surface area contributed by atoms with Gasteiger partial charge in [0.25, 0.3) is 0 Å². The zero-order valence-corrected chi connectivity index (χ0v) is 11.7. The van der Waals surface area contributed by atoms with E-state index in [0.29, 0.717) is 12.2 Å². The summed E-state index contributed by atoms with van der Waals surface area (Å²) in [6.45, 7) is 7.53. The second kappa shape index (κ2) is 6.41. The van der Waals surface area contributed by atoms with Gasteiger partial charge in [0.2, 0.25) is 0 Å². The molecule has 1 rings (SSSR count). The summed E-state index contributed by atoms with van der Waals surface area (Å²) in [6, 6.07) is 4.82. The number of benzene rings is 1. The molecule has 1 N–H and O–H groups in total. The van der Waals surface area contributed by atoms with Crippen LogP contribution < -0.4 is 10.1 Å². The van der Waals surface area contributed by atoms with Crippen molar-refractivity contribution in [3.8, 4) is 5.75 Å². The van der Waals surface area contributed by atoms with Crippen LogP contribution in [0, 0.1) is 5.82 Å². The Kier molecular flexibility index (Phi) is 5.15. The Morgan fingerprint density at radius 1 is 1.37 bits per heavy atom. The van der Waals surface area contributed by atoms with Gasteiger partial charge in [0.15, 0.2) is 11.6 Å². The molecule has 0 aliphatic rings.